The van der Waals surface area contributed by atoms with Gasteiger partial charge in [-0.1, -0.05) is 32.0 Å². The van der Waals surface area contributed by atoms with Crippen LogP contribution in [0.4, 0.5) is 10.2 Å². The number of aryl methyl sites for hydroxylation is 1. The van der Waals surface area contributed by atoms with Gasteiger partial charge in [-0.2, -0.15) is 4.72 Å². The first kappa shape index (κ1) is 24.8. The molecular weight excluding hydrogens is 447 g/mol. The minimum absolute atomic E-state index is 0.168. The van der Waals surface area contributed by atoms with Crippen molar-refractivity contribution >= 4 is 27.7 Å². The normalized spacial score (nSPS) is 17.6. The predicted molar refractivity (Wildman–Crippen MR) is 122 cm³/mol. The first-order valence-electron chi connectivity index (χ1n) is 10.9. The molecule has 1 aromatic heterocycles. The minimum Gasteiger partial charge on any atom is -0.341 e. The van der Waals surface area contributed by atoms with Gasteiger partial charge in [0.25, 0.3) is 0 Å². The van der Waals surface area contributed by atoms with E-state index in [0.29, 0.717) is 25.2 Å². The van der Waals surface area contributed by atoms with Crippen LogP contribution in [0.15, 0.2) is 47.4 Å². The van der Waals surface area contributed by atoms with Gasteiger partial charge in [-0.3, -0.25) is 9.59 Å². The molecule has 2 aromatic rings. The van der Waals surface area contributed by atoms with Crippen molar-refractivity contribution in [1.82, 2.24) is 14.6 Å². The van der Waals surface area contributed by atoms with Gasteiger partial charge in [-0.25, -0.2) is 17.8 Å². The Morgan fingerprint density at radius 3 is 2.55 bits per heavy atom. The van der Waals surface area contributed by atoms with Crippen LogP contribution in [0, 0.1) is 24.6 Å². The molecule has 178 valence electrons. The molecule has 0 bridgehead atoms. The van der Waals surface area contributed by atoms with Gasteiger partial charge >= 0.3 is 0 Å². The first-order valence-corrected chi connectivity index (χ1v) is 12.4. The SMILES string of the molecule is Cc1cccc(NC(=O)C2CCCN(C(=O)[C@@H](NS(=O)(=O)c3ccccc3F)C(C)C)C2)n1. The number of sulfonamides is 1. The van der Waals surface area contributed by atoms with Gasteiger partial charge in [-0.15, -0.1) is 0 Å². The van der Waals surface area contributed by atoms with Gasteiger partial charge in [0.1, 0.15) is 22.6 Å². The van der Waals surface area contributed by atoms with Crippen LogP contribution in [0.3, 0.4) is 0 Å². The molecule has 10 heteroatoms. The highest BCUT2D eigenvalue weighted by molar-refractivity contribution is 7.89. The summed E-state index contributed by atoms with van der Waals surface area (Å²) in [6, 6.07) is 9.25. The molecular formula is C23H29FN4O4S. The van der Waals surface area contributed by atoms with Gasteiger partial charge < -0.3 is 10.2 Å². The molecule has 1 unspecified atom stereocenters. The van der Waals surface area contributed by atoms with Crippen LogP contribution in [0.25, 0.3) is 0 Å². The topological polar surface area (TPSA) is 108 Å². The summed E-state index contributed by atoms with van der Waals surface area (Å²) in [5, 5.41) is 2.79. The lowest BCUT2D eigenvalue weighted by Crippen LogP contribution is -2.54. The second kappa shape index (κ2) is 10.4. The summed E-state index contributed by atoms with van der Waals surface area (Å²) in [5.41, 5.74) is 0.773. The molecule has 2 amide bonds. The molecule has 0 radical (unpaired) electrons. The molecule has 1 aromatic carbocycles. The van der Waals surface area contributed by atoms with Crippen LogP contribution in [0.5, 0.6) is 0 Å². The summed E-state index contributed by atoms with van der Waals surface area (Å²) >= 11 is 0. The van der Waals surface area contributed by atoms with Crippen LogP contribution in [0.1, 0.15) is 32.4 Å². The van der Waals surface area contributed by atoms with Crippen molar-refractivity contribution in [2.45, 2.75) is 44.6 Å². The van der Waals surface area contributed by atoms with Crippen LogP contribution < -0.4 is 10.0 Å². The Bertz CT molecular complexity index is 1120. The predicted octanol–water partition coefficient (Wildman–Crippen LogP) is 2.71. The molecule has 2 heterocycles. The number of nitrogens with zero attached hydrogens (tertiary/aromatic N) is 2. The Kier molecular flexibility index (Phi) is 7.80. The zero-order chi connectivity index (χ0) is 24.2. The van der Waals surface area contributed by atoms with E-state index in [0.717, 1.165) is 17.8 Å². The fourth-order valence-corrected chi connectivity index (χ4v) is 5.21. The zero-order valence-electron chi connectivity index (χ0n) is 18.9. The fourth-order valence-electron chi connectivity index (χ4n) is 3.79. The van der Waals surface area contributed by atoms with Gasteiger partial charge in [0.15, 0.2) is 0 Å². The molecule has 1 aliphatic rings. The van der Waals surface area contributed by atoms with Crippen molar-refractivity contribution in [3.05, 3.63) is 54.0 Å². The lowest BCUT2D eigenvalue weighted by atomic mass is 9.95. The standard InChI is InChI=1S/C23H29FN4O4S/c1-15(2)21(27-33(31,32)19-11-5-4-10-18(19)24)23(30)28-13-7-9-17(14-28)22(29)26-20-12-6-8-16(3)25-20/h4-6,8,10-12,15,17,21,27H,7,9,13-14H2,1-3H3,(H,25,26,29)/t17?,21-/m0/s1. The van der Waals surface area contributed by atoms with Crippen molar-refractivity contribution in [3.8, 4) is 0 Å². The number of carbonyl (C=O) groups excluding carboxylic acids is 2. The van der Waals surface area contributed by atoms with E-state index in [1.54, 1.807) is 26.0 Å². The monoisotopic (exact) mass is 476 g/mol. The molecule has 0 spiro atoms. The number of halogens is 1. The van der Waals surface area contributed by atoms with Crippen LogP contribution >= 0.6 is 0 Å². The highest BCUT2D eigenvalue weighted by Crippen LogP contribution is 2.22. The molecule has 2 atom stereocenters. The average molecular weight is 477 g/mol. The van der Waals surface area contributed by atoms with Crippen molar-refractivity contribution < 1.29 is 22.4 Å². The Morgan fingerprint density at radius 1 is 1.15 bits per heavy atom. The van der Waals surface area contributed by atoms with E-state index in [-0.39, 0.29) is 18.4 Å². The molecule has 2 N–H and O–H groups in total. The van der Waals surface area contributed by atoms with Gasteiger partial charge in [0, 0.05) is 18.8 Å². The maximum Gasteiger partial charge on any atom is 0.244 e. The Hall–Kier alpha value is -2.85. The maximum atomic E-state index is 14.1. The summed E-state index contributed by atoms with van der Waals surface area (Å²) in [6.07, 6.45) is 1.21. The number of aromatic nitrogens is 1. The highest BCUT2D eigenvalue weighted by atomic mass is 32.2. The minimum atomic E-state index is -4.25. The fraction of sp³-hybridized carbons (Fsp3) is 0.435. The second-order valence-corrected chi connectivity index (χ2v) is 10.2. The van der Waals surface area contributed by atoms with E-state index in [1.165, 1.54) is 17.0 Å². The third kappa shape index (κ3) is 6.14. The molecule has 1 aliphatic heterocycles. The molecule has 1 fully saturated rings. The summed E-state index contributed by atoms with van der Waals surface area (Å²) in [6.45, 7) is 5.83. The summed E-state index contributed by atoms with van der Waals surface area (Å²) < 4.78 is 42.0. The largest absolute Gasteiger partial charge is 0.341 e. The number of hydrogen-bond acceptors (Lipinski definition) is 5. The van der Waals surface area contributed by atoms with Gasteiger partial charge in [0.05, 0.1) is 5.92 Å². The number of hydrogen-bond donors (Lipinski definition) is 2. The lowest BCUT2D eigenvalue weighted by Gasteiger charge is -2.35. The smallest absolute Gasteiger partial charge is 0.244 e. The lowest BCUT2D eigenvalue weighted by molar-refractivity contribution is -0.137. The molecule has 3 rings (SSSR count). The number of anilines is 1. The number of likely N-dealkylation sites (tertiary alicyclic amines) is 1. The van der Waals surface area contributed by atoms with E-state index in [9.17, 15) is 22.4 Å². The zero-order valence-corrected chi connectivity index (χ0v) is 19.7. The summed E-state index contributed by atoms with van der Waals surface area (Å²) in [4.78, 5) is 31.3. The van der Waals surface area contributed by atoms with E-state index in [4.69, 9.17) is 0 Å². The van der Waals surface area contributed by atoms with Crippen molar-refractivity contribution in [3.63, 3.8) is 0 Å². The van der Waals surface area contributed by atoms with Crippen LogP contribution in [-0.2, 0) is 19.6 Å². The molecule has 8 nitrogen and oxygen atoms in total. The van der Waals surface area contributed by atoms with Crippen molar-refractivity contribution in [1.29, 1.82) is 0 Å². The number of rotatable bonds is 7. The quantitative estimate of drug-likeness (QED) is 0.639. The van der Waals surface area contributed by atoms with Crippen LogP contribution in [-0.4, -0.2) is 49.2 Å². The average Bonchev–Trinajstić information content (AvgIpc) is 2.77. The molecule has 33 heavy (non-hydrogen) atoms. The third-order valence-electron chi connectivity index (χ3n) is 5.58. The van der Waals surface area contributed by atoms with Gasteiger partial charge in [-0.05, 0) is 49.9 Å². The van der Waals surface area contributed by atoms with E-state index in [1.807, 2.05) is 13.0 Å². The number of piperidine rings is 1. The van der Waals surface area contributed by atoms with Crippen LogP contribution in [0.2, 0.25) is 0 Å². The number of nitrogens with one attached hydrogen (secondary N) is 2. The Morgan fingerprint density at radius 2 is 1.88 bits per heavy atom. The summed E-state index contributed by atoms with van der Waals surface area (Å²) in [7, 11) is -4.25. The number of carbonyl (C=O) groups is 2. The van der Waals surface area contributed by atoms with Crippen molar-refractivity contribution in [2.75, 3.05) is 18.4 Å². The second-order valence-electron chi connectivity index (χ2n) is 8.55. The first-order chi connectivity index (χ1) is 15.6. The number of benzene rings is 1. The molecule has 1 saturated heterocycles. The van der Waals surface area contributed by atoms with E-state index >= 15 is 0 Å². The Balaban J connectivity index is 1.72. The van der Waals surface area contributed by atoms with E-state index in [2.05, 4.69) is 15.0 Å². The number of pyridine rings is 1. The van der Waals surface area contributed by atoms with Crippen molar-refractivity contribution in [2.24, 2.45) is 11.8 Å². The third-order valence-corrected chi connectivity index (χ3v) is 7.06. The maximum absolute atomic E-state index is 14.1. The van der Waals surface area contributed by atoms with Gasteiger partial charge in [0.2, 0.25) is 21.8 Å². The highest BCUT2D eigenvalue weighted by Gasteiger charge is 2.36. The summed E-state index contributed by atoms with van der Waals surface area (Å²) in [5.74, 6) is -1.94. The van der Waals surface area contributed by atoms with E-state index < -0.39 is 38.6 Å². The molecule has 0 aliphatic carbocycles. The molecule has 0 saturated carbocycles. The number of amides is 2. The Labute approximate surface area is 193 Å².